The Morgan fingerprint density at radius 3 is 2.59 bits per heavy atom. The summed E-state index contributed by atoms with van der Waals surface area (Å²) in [7, 11) is 2.97. The first-order valence-corrected chi connectivity index (χ1v) is 10.6. The number of methoxy groups -OCH3 is 1. The molecule has 0 fully saturated rings. The molecule has 0 bridgehead atoms. The Morgan fingerprint density at radius 1 is 1.18 bits per heavy atom. The minimum Gasteiger partial charge on any atom is -0.479 e. The molecule has 0 aliphatic carbocycles. The van der Waals surface area contributed by atoms with Crippen LogP contribution in [0.25, 0.3) is 22.0 Å². The second kappa shape index (κ2) is 8.97. The van der Waals surface area contributed by atoms with E-state index in [0.717, 1.165) is 11.1 Å². The summed E-state index contributed by atoms with van der Waals surface area (Å²) in [4.78, 5) is 28.9. The molecule has 174 valence electrons. The van der Waals surface area contributed by atoms with Gasteiger partial charge in [-0.05, 0) is 60.7 Å². The van der Waals surface area contributed by atoms with Crippen LogP contribution >= 0.6 is 0 Å². The second-order valence-corrected chi connectivity index (χ2v) is 8.14. The predicted molar refractivity (Wildman–Crippen MR) is 129 cm³/mol. The summed E-state index contributed by atoms with van der Waals surface area (Å²) in [6.07, 6.45) is 1.46. The highest BCUT2D eigenvalue weighted by Gasteiger charge is 2.18. The van der Waals surface area contributed by atoms with Crippen molar-refractivity contribution in [3.63, 3.8) is 0 Å². The van der Waals surface area contributed by atoms with E-state index in [4.69, 9.17) is 4.74 Å². The van der Waals surface area contributed by atoms with E-state index in [1.807, 2.05) is 32.0 Å². The van der Waals surface area contributed by atoms with Gasteiger partial charge in [-0.2, -0.15) is 0 Å². The maximum Gasteiger partial charge on any atom is 0.337 e. The maximum absolute atomic E-state index is 14.4. The van der Waals surface area contributed by atoms with Crippen LogP contribution in [0.2, 0.25) is 0 Å². The SMILES string of the molecule is COc1ncc(-c2cc3c([C@@H](C)Nc4ccccc4C(=O)O)cc(C)cc3c(=O)n2C)cc1F. The van der Waals surface area contributed by atoms with Crippen LogP contribution in [0.15, 0.2) is 59.5 Å². The number of pyridine rings is 2. The monoisotopic (exact) mass is 461 g/mol. The summed E-state index contributed by atoms with van der Waals surface area (Å²) < 4.78 is 20.7. The molecule has 2 N–H and O–H groups in total. The third kappa shape index (κ3) is 4.10. The smallest absolute Gasteiger partial charge is 0.337 e. The first-order valence-electron chi connectivity index (χ1n) is 10.6. The molecule has 0 aliphatic heterocycles. The lowest BCUT2D eigenvalue weighted by Gasteiger charge is -2.21. The number of carbonyl (C=O) groups is 1. The number of aromatic carboxylic acids is 1. The van der Waals surface area contributed by atoms with Gasteiger partial charge in [-0.1, -0.05) is 18.2 Å². The first-order chi connectivity index (χ1) is 16.2. The van der Waals surface area contributed by atoms with Gasteiger partial charge in [0.05, 0.1) is 18.4 Å². The average molecular weight is 461 g/mol. The molecular formula is C26H24FN3O4. The van der Waals surface area contributed by atoms with Crippen molar-refractivity contribution < 1.29 is 19.0 Å². The topological polar surface area (TPSA) is 93.5 Å². The standard InChI is InChI=1S/C26H24FN3O4/c1-14-9-18(15(2)29-22-8-6-5-7-17(22)26(32)33)19-12-23(30(3)25(31)20(19)10-14)16-11-21(27)24(34-4)28-13-16/h5-13,15,29H,1-4H3,(H,32,33)/t15-/m1/s1. The van der Waals surface area contributed by atoms with Gasteiger partial charge in [0, 0.05) is 35.9 Å². The number of benzene rings is 2. The quantitative estimate of drug-likeness (QED) is 0.423. The Bertz CT molecular complexity index is 1480. The normalized spacial score (nSPS) is 11.9. The van der Waals surface area contributed by atoms with E-state index in [-0.39, 0.29) is 23.0 Å². The highest BCUT2D eigenvalue weighted by molar-refractivity contribution is 5.94. The van der Waals surface area contributed by atoms with Gasteiger partial charge in [0.2, 0.25) is 5.88 Å². The van der Waals surface area contributed by atoms with Crippen LogP contribution in [-0.2, 0) is 7.05 Å². The highest BCUT2D eigenvalue weighted by Crippen LogP contribution is 2.31. The Morgan fingerprint density at radius 2 is 1.91 bits per heavy atom. The van der Waals surface area contributed by atoms with Crippen LogP contribution in [-0.4, -0.2) is 27.7 Å². The Balaban J connectivity index is 1.89. The summed E-state index contributed by atoms with van der Waals surface area (Å²) in [5.41, 5.74) is 3.04. The number of carboxylic acid groups (broad SMARTS) is 1. The molecule has 2 aromatic carbocycles. The average Bonchev–Trinajstić information content (AvgIpc) is 2.81. The Hall–Kier alpha value is -4.20. The lowest BCUT2D eigenvalue weighted by atomic mass is 9.96. The molecule has 7 nitrogen and oxygen atoms in total. The molecule has 1 atom stereocenters. The van der Waals surface area contributed by atoms with Gasteiger partial charge in [-0.3, -0.25) is 4.79 Å². The molecule has 0 aliphatic rings. The van der Waals surface area contributed by atoms with Gasteiger partial charge < -0.3 is 19.7 Å². The summed E-state index contributed by atoms with van der Waals surface area (Å²) in [5, 5.41) is 14.0. The number of aryl methyl sites for hydroxylation is 1. The van der Waals surface area contributed by atoms with Crippen LogP contribution in [0.1, 0.15) is 34.5 Å². The minimum absolute atomic E-state index is 0.124. The summed E-state index contributed by atoms with van der Waals surface area (Å²) in [6, 6.07) is 13.2. The van der Waals surface area contributed by atoms with Crippen LogP contribution in [0, 0.1) is 12.7 Å². The number of ether oxygens (including phenoxy) is 1. The van der Waals surface area contributed by atoms with Crippen molar-refractivity contribution in [3.8, 4) is 17.1 Å². The molecule has 8 heteroatoms. The third-order valence-corrected chi connectivity index (χ3v) is 5.83. The van der Waals surface area contributed by atoms with E-state index in [1.165, 1.54) is 30.0 Å². The van der Waals surface area contributed by atoms with Crippen LogP contribution in [0.4, 0.5) is 10.1 Å². The fourth-order valence-corrected chi connectivity index (χ4v) is 4.14. The number of nitrogens with zero attached hydrogens (tertiary/aromatic N) is 2. The largest absolute Gasteiger partial charge is 0.479 e. The fourth-order valence-electron chi connectivity index (χ4n) is 4.14. The Kier molecular flexibility index (Phi) is 6.06. The van der Waals surface area contributed by atoms with Crippen LogP contribution in [0.3, 0.4) is 0 Å². The number of halogens is 1. The van der Waals surface area contributed by atoms with E-state index < -0.39 is 11.8 Å². The van der Waals surface area contributed by atoms with E-state index in [0.29, 0.717) is 27.7 Å². The van der Waals surface area contributed by atoms with Crippen molar-refractivity contribution in [1.29, 1.82) is 0 Å². The first kappa shape index (κ1) is 23.0. The molecule has 34 heavy (non-hydrogen) atoms. The number of fused-ring (bicyclic) bond motifs is 1. The van der Waals surface area contributed by atoms with Crippen molar-refractivity contribution in [2.75, 3.05) is 12.4 Å². The molecule has 0 saturated heterocycles. The number of carboxylic acids is 1. The summed E-state index contributed by atoms with van der Waals surface area (Å²) in [5.74, 6) is -1.78. The van der Waals surface area contributed by atoms with Crippen molar-refractivity contribution in [1.82, 2.24) is 9.55 Å². The molecule has 2 aromatic heterocycles. The van der Waals surface area contributed by atoms with Crippen molar-refractivity contribution in [3.05, 3.63) is 87.6 Å². The van der Waals surface area contributed by atoms with Crippen LogP contribution < -0.4 is 15.6 Å². The highest BCUT2D eigenvalue weighted by atomic mass is 19.1. The number of aromatic nitrogens is 2. The fraction of sp³-hybridized carbons (Fsp3) is 0.192. The lowest BCUT2D eigenvalue weighted by Crippen LogP contribution is -2.20. The number of rotatable bonds is 6. The van der Waals surface area contributed by atoms with Gasteiger partial charge in [-0.15, -0.1) is 0 Å². The van der Waals surface area contributed by atoms with E-state index in [2.05, 4.69) is 10.3 Å². The van der Waals surface area contributed by atoms with Crippen molar-refractivity contribution >= 4 is 22.4 Å². The zero-order valence-corrected chi connectivity index (χ0v) is 19.2. The number of para-hydroxylation sites is 1. The predicted octanol–water partition coefficient (Wildman–Crippen LogP) is 4.93. The van der Waals surface area contributed by atoms with Crippen molar-refractivity contribution in [2.24, 2.45) is 7.05 Å². The number of hydrogen-bond donors (Lipinski definition) is 2. The summed E-state index contributed by atoms with van der Waals surface area (Å²) >= 11 is 0. The number of nitrogens with one attached hydrogen (secondary N) is 1. The Labute approximate surface area is 195 Å². The van der Waals surface area contributed by atoms with E-state index in [1.54, 1.807) is 25.2 Å². The van der Waals surface area contributed by atoms with E-state index >= 15 is 0 Å². The van der Waals surface area contributed by atoms with E-state index in [9.17, 15) is 19.1 Å². The zero-order chi connectivity index (χ0) is 24.6. The minimum atomic E-state index is -1.03. The van der Waals surface area contributed by atoms with Gasteiger partial charge in [0.1, 0.15) is 0 Å². The lowest BCUT2D eigenvalue weighted by molar-refractivity contribution is 0.0698. The number of hydrogen-bond acceptors (Lipinski definition) is 5. The molecule has 4 rings (SSSR count). The van der Waals surface area contributed by atoms with Gasteiger partial charge in [0.15, 0.2) is 5.82 Å². The zero-order valence-electron chi connectivity index (χ0n) is 19.2. The summed E-state index contributed by atoms with van der Waals surface area (Å²) in [6.45, 7) is 3.80. The maximum atomic E-state index is 14.4. The molecule has 0 saturated carbocycles. The number of anilines is 1. The van der Waals surface area contributed by atoms with Gasteiger partial charge in [0.25, 0.3) is 5.56 Å². The molecule has 0 unspecified atom stereocenters. The molecule has 0 amide bonds. The molecule has 0 spiro atoms. The second-order valence-electron chi connectivity index (χ2n) is 8.14. The molecule has 2 heterocycles. The molecule has 4 aromatic rings. The van der Waals surface area contributed by atoms with Crippen LogP contribution in [0.5, 0.6) is 5.88 Å². The van der Waals surface area contributed by atoms with Crippen molar-refractivity contribution in [2.45, 2.75) is 19.9 Å². The third-order valence-electron chi connectivity index (χ3n) is 5.83. The molecular weight excluding hydrogens is 437 g/mol. The van der Waals surface area contributed by atoms with Gasteiger partial charge in [-0.25, -0.2) is 14.2 Å². The molecule has 0 radical (unpaired) electrons. The van der Waals surface area contributed by atoms with Gasteiger partial charge >= 0.3 is 5.97 Å².